The summed E-state index contributed by atoms with van der Waals surface area (Å²) in [6, 6.07) is 13.4. The van der Waals surface area contributed by atoms with Gasteiger partial charge in [0.25, 0.3) is 5.78 Å². The summed E-state index contributed by atoms with van der Waals surface area (Å²) in [6.07, 6.45) is 3.16. The molecular formula is C28H26N4O4. The zero-order valence-electron chi connectivity index (χ0n) is 20.4. The normalized spacial score (nSPS) is 17.4. The number of hydrogen-bond donors (Lipinski definition) is 2. The van der Waals surface area contributed by atoms with Gasteiger partial charge in [-0.2, -0.15) is 0 Å². The number of benzene rings is 2. The summed E-state index contributed by atoms with van der Waals surface area (Å²) < 4.78 is 5.80. The number of hydrogen-bond acceptors (Lipinski definition) is 6. The van der Waals surface area contributed by atoms with Gasteiger partial charge in [0, 0.05) is 18.0 Å². The number of fused-ring (bicyclic) bond motifs is 1. The lowest BCUT2D eigenvalue weighted by Gasteiger charge is -2.23. The Kier molecular flexibility index (Phi) is 5.80. The van der Waals surface area contributed by atoms with Gasteiger partial charge in [-0.05, 0) is 86.8 Å². The van der Waals surface area contributed by atoms with Gasteiger partial charge < -0.3 is 14.8 Å². The Morgan fingerprint density at radius 2 is 1.81 bits per heavy atom. The molecule has 1 fully saturated rings. The second-order valence-corrected chi connectivity index (χ2v) is 9.18. The van der Waals surface area contributed by atoms with Crippen molar-refractivity contribution in [3.05, 3.63) is 88.8 Å². The quantitative estimate of drug-likeness (QED) is 0.236. The minimum absolute atomic E-state index is 0.00671. The molecule has 8 nitrogen and oxygen atoms in total. The van der Waals surface area contributed by atoms with Crippen molar-refractivity contribution in [3.8, 4) is 5.75 Å². The fourth-order valence-corrected chi connectivity index (χ4v) is 4.47. The van der Waals surface area contributed by atoms with Gasteiger partial charge >= 0.3 is 5.91 Å². The number of anilines is 1. The van der Waals surface area contributed by atoms with E-state index in [1.54, 1.807) is 42.7 Å². The van der Waals surface area contributed by atoms with Crippen molar-refractivity contribution >= 4 is 34.4 Å². The van der Waals surface area contributed by atoms with Crippen molar-refractivity contribution in [2.75, 3.05) is 4.90 Å². The number of aliphatic hydroxyl groups excluding tert-OH is 1. The Morgan fingerprint density at radius 1 is 1.06 bits per heavy atom. The molecule has 0 aliphatic carbocycles. The summed E-state index contributed by atoms with van der Waals surface area (Å²) in [7, 11) is 0. The van der Waals surface area contributed by atoms with E-state index in [0.717, 1.165) is 16.6 Å². The smallest absolute Gasteiger partial charge is 0.302 e. The van der Waals surface area contributed by atoms with Crippen LogP contribution in [0.25, 0.3) is 16.8 Å². The van der Waals surface area contributed by atoms with Gasteiger partial charge in [0.15, 0.2) is 0 Å². The van der Waals surface area contributed by atoms with Gasteiger partial charge in [-0.3, -0.25) is 19.5 Å². The molecule has 1 aliphatic heterocycles. The number of Topliss-reactive ketones (excluding diaryl/α,β-unsaturated/α-hetero) is 1. The molecular weight excluding hydrogens is 456 g/mol. The maximum atomic E-state index is 13.4. The number of amides is 1. The highest BCUT2D eigenvalue weighted by Crippen LogP contribution is 2.42. The van der Waals surface area contributed by atoms with Crippen LogP contribution in [0.1, 0.15) is 42.1 Å². The van der Waals surface area contributed by atoms with Gasteiger partial charge in [-0.15, -0.1) is 0 Å². The van der Waals surface area contributed by atoms with Crippen molar-refractivity contribution in [2.45, 2.75) is 39.8 Å². The van der Waals surface area contributed by atoms with E-state index in [1.165, 1.54) is 4.90 Å². The maximum Gasteiger partial charge on any atom is 0.302 e. The van der Waals surface area contributed by atoms with Gasteiger partial charge in [0.05, 0.1) is 28.8 Å². The maximum absolute atomic E-state index is 13.4. The highest BCUT2D eigenvalue weighted by atomic mass is 16.5. The molecule has 4 aromatic rings. The lowest BCUT2D eigenvalue weighted by atomic mass is 9.95. The lowest BCUT2D eigenvalue weighted by Crippen LogP contribution is -2.30. The number of nitrogens with zero attached hydrogens (tertiary/aromatic N) is 3. The van der Waals surface area contributed by atoms with E-state index in [1.807, 2.05) is 45.9 Å². The summed E-state index contributed by atoms with van der Waals surface area (Å²) in [5.74, 6) is -0.902. The Bertz CT molecular complexity index is 1520. The standard InChI is InChI=1S/C28H26N4O4/c1-15(2)36-22-8-6-19(14-17(22)4)25(33)23-24(18-9-11-29-12-10-18)32(27(35)26(23)34)28-30-20-7-5-16(3)13-21(20)31-28/h5-15,24,33H,1-4H3,(H,30,31)/b25-23+. The first kappa shape index (κ1) is 23.3. The Morgan fingerprint density at radius 3 is 2.50 bits per heavy atom. The first-order valence-corrected chi connectivity index (χ1v) is 11.7. The van der Waals surface area contributed by atoms with E-state index in [9.17, 15) is 14.7 Å². The fraction of sp³-hybridized carbons (Fsp3) is 0.214. The first-order valence-electron chi connectivity index (χ1n) is 11.7. The third-order valence-electron chi connectivity index (χ3n) is 6.13. The van der Waals surface area contributed by atoms with E-state index in [-0.39, 0.29) is 23.4 Å². The van der Waals surface area contributed by atoms with Crippen LogP contribution in [-0.2, 0) is 9.59 Å². The van der Waals surface area contributed by atoms with Gasteiger partial charge in [0.1, 0.15) is 11.5 Å². The zero-order valence-corrected chi connectivity index (χ0v) is 20.4. The van der Waals surface area contributed by atoms with Crippen LogP contribution in [0.4, 0.5) is 5.95 Å². The number of aliphatic hydroxyl groups is 1. The predicted octanol–water partition coefficient (Wildman–Crippen LogP) is 4.99. The third kappa shape index (κ3) is 4.00. The van der Waals surface area contributed by atoms with Crippen molar-refractivity contribution in [1.29, 1.82) is 0 Å². The number of carbonyl (C=O) groups excluding carboxylic acids is 2. The van der Waals surface area contributed by atoms with Gasteiger partial charge in [-0.1, -0.05) is 6.07 Å². The minimum atomic E-state index is -0.887. The molecule has 1 atom stereocenters. The summed E-state index contributed by atoms with van der Waals surface area (Å²) in [6.45, 7) is 7.69. The fourth-order valence-electron chi connectivity index (χ4n) is 4.47. The number of ketones is 1. The number of rotatable bonds is 5. The van der Waals surface area contributed by atoms with Gasteiger partial charge in [0.2, 0.25) is 5.95 Å². The summed E-state index contributed by atoms with van der Waals surface area (Å²) >= 11 is 0. The molecule has 3 heterocycles. The van der Waals surface area contributed by atoms with Crippen molar-refractivity contribution in [1.82, 2.24) is 15.0 Å². The molecule has 1 aliphatic rings. The topological polar surface area (TPSA) is 108 Å². The summed E-state index contributed by atoms with van der Waals surface area (Å²) in [5.41, 5.74) is 4.28. The Labute approximate surface area is 208 Å². The minimum Gasteiger partial charge on any atom is -0.507 e. The van der Waals surface area contributed by atoms with Crippen LogP contribution in [0.2, 0.25) is 0 Å². The van der Waals surface area contributed by atoms with Gasteiger partial charge in [-0.25, -0.2) is 4.98 Å². The predicted molar refractivity (Wildman–Crippen MR) is 137 cm³/mol. The number of aromatic amines is 1. The molecule has 1 amide bonds. The molecule has 36 heavy (non-hydrogen) atoms. The third-order valence-corrected chi connectivity index (χ3v) is 6.13. The number of ether oxygens (including phenoxy) is 1. The number of aromatic nitrogens is 3. The number of aryl methyl sites for hydroxylation is 2. The molecule has 1 unspecified atom stereocenters. The molecule has 0 radical (unpaired) electrons. The van der Waals surface area contributed by atoms with Crippen molar-refractivity contribution < 1.29 is 19.4 Å². The highest BCUT2D eigenvalue weighted by Gasteiger charge is 2.48. The molecule has 1 saturated heterocycles. The summed E-state index contributed by atoms with van der Waals surface area (Å²) in [4.78, 5) is 39.8. The van der Waals surface area contributed by atoms with E-state index >= 15 is 0 Å². The molecule has 0 bridgehead atoms. The largest absolute Gasteiger partial charge is 0.507 e. The molecule has 0 saturated carbocycles. The molecule has 182 valence electrons. The van der Waals surface area contributed by atoms with Crippen molar-refractivity contribution in [3.63, 3.8) is 0 Å². The van der Waals surface area contributed by atoms with E-state index in [4.69, 9.17) is 4.74 Å². The zero-order chi connectivity index (χ0) is 25.6. The number of carbonyl (C=O) groups is 2. The van der Waals surface area contributed by atoms with E-state index in [0.29, 0.717) is 22.4 Å². The van der Waals surface area contributed by atoms with Crippen LogP contribution < -0.4 is 9.64 Å². The van der Waals surface area contributed by atoms with Crippen LogP contribution in [0.3, 0.4) is 0 Å². The molecule has 0 spiro atoms. The van der Waals surface area contributed by atoms with Crippen LogP contribution in [0, 0.1) is 13.8 Å². The highest BCUT2D eigenvalue weighted by molar-refractivity contribution is 6.51. The molecule has 8 heteroatoms. The van der Waals surface area contributed by atoms with Crippen LogP contribution in [0.5, 0.6) is 5.75 Å². The molecule has 2 aromatic heterocycles. The average molecular weight is 483 g/mol. The SMILES string of the molecule is Cc1ccc2nc(N3C(=O)C(=O)/C(=C(/O)c4ccc(OC(C)C)c(C)c4)C3c3ccncc3)[nH]c2c1. The number of pyridine rings is 1. The van der Waals surface area contributed by atoms with Crippen LogP contribution in [0.15, 0.2) is 66.5 Å². The first-order chi connectivity index (χ1) is 17.2. The Balaban J connectivity index is 1.67. The second kappa shape index (κ2) is 8.96. The lowest BCUT2D eigenvalue weighted by molar-refractivity contribution is -0.132. The summed E-state index contributed by atoms with van der Waals surface area (Å²) in [5, 5.41) is 11.4. The monoisotopic (exact) mass is 482 g/mol. The molecule has 2 N–H and O–H groups in total. The molecule has 5 rings (SSSR count). The number of nitrogens with one attached hydrogen (secondary N) is 1. The molecule has 2 aromatic carbocycles. The number of imidazole rings is 1. The average Bonchev–Trinajstić information content (AvgIpc) is 3.38. The van der Waals surface area contributed by atoms with Crippen LogP contribution >= 0.6 is 0 Å². The second-order valence-electron chi connectivity index (χ2n) is 9.18. The Hall–Kier alpha value is -4.46. The van der Waals surface area contributed by atoms with Crippen LogP contribution in [-0.4, -0.2) is 37.9 Å². The number of H-pyrrole nitrogens is 1. The van der Waals surface area contributed by atoms with E-state index in [2.05, 4.69) is 15.0 Å². The van der Waals surface area contributed by atoms with Crippen molar-refractivity contribution in [2.24, 2.45) is 0 Å². The van der Waals surface area contributed by atoms with E-state index < -0.39 is 17.7 Å².